The normalized spacial score (nSPS) is 10.3. The van der Waals surface area contributed by atoms with Gasteiger partial charge in [-0.2, -0.15) is 0 Å². The van der Waals surface area contributed by atoms with Crippen LogP contribution in [0.1, 0.15) is 15.9 Å². The Labute approximate surface area is 114 Å². The van der Waals surface area contributed by atoms with Crippen molar-refractivity contribution in [2.45, 2.75) is 6.92 Å². The van der Waals surface area contributed by atoms with Gasteiger partial charge in [0.25, 0.3) is 0 Å². The van der Waals surface area contributed by atoms with Gasteiger partial charge in [-0.05, 0) is 42.8 Å². The zero-order valence-corrected chi connectivity index (χ0v) is 10.7. The van der Waals surface area contributed by atoms with E-state index in [9.17, 15) is 9.18 Å². The van der Waals surface area contributed by atoms with E-state index in [4.69, 9.17) is 21.4 Å². The molecule has 2 rings (SSSR count). The maximum Gasteiger partial charge on any atom is 0.339 e. The number of carbonyl (C=O) groups is 1. The lowest BCUT2D eigenvalue weighted by Gasteiger charge is -2.11. The number of carboxylic acids is 1. The fourth-order valence-electron chi connectivity index (χ4n) is 1.56. The standard InChI is InChI=1S/C14H10ClFO3/c1-8-2-3-9(15)6-13(8)19-12-5-4-10(16)7-11(12)14(17)18/h2-7H,1H3,(H,17,18). The van der Waals surface area contributed by atoms with Gasteiger partial charge in [-0.3, -0.25) is 0 Å². The Kier molecular flexibility index (Phi) is 3.71. The van der Waals surface area contributed by atoms with E-state index in [0.717, 1.165) is 17.7 Å². The van der Waals surface area contributed by atoms with Crippen LogP contribution in [0.3, 0.4) is 0 Å². The van der Waals surface area contributed by atoms with Crippen molar-refractivity contribution in [1.82, 2.24) is 0 Å². The van der Waals surface area contributed by atoms with Gasteiger partial charge in [0.05, 0.1) is 0 Å². The lowest BCUT2D eigenvalue weighted by molar-refractivity contribution is 0.0693. The molecule has 0 atom stereocenters. The molecule has 0 saturated carbocycles. The van der Waals surface area contributed by atoms with Crippen LogP contribution in [-0.4, -0.2) is 11.1 Å². The first kappa shape index (κ1) is 13.4. The Balaban J connectivity index is 2.43. The number of hydrogen-bond donors (Lipinski definition) is 1. The van der Waals surface area contributed by atoms with Crippen LogP contribution < -0.4 is 4.74 Å². The third kappa shape index (κ3) is 3.03. The van der Waals surface area contributed by atoms with Crippen LogP contribution in [-0.2, 0) is 0 Å². The molecule has 0 fully saturated rings. The summed E-state index contributed by atoms with van der Waals surface area (Å²) in [4.78, 5) is 11.0. The van der Waals surface area contributed by atoms with Gasteiger partial charge in [0.2, 0.25) is 0 Å². The quantitative estimate of drug-likeness (QED) is 0.913. The molecule has 3 nitrogen and oxygen atoms in total. The van der Waals surface area contributed by atoms with Crippen LogP contribution in [0.2, 0.25) is 5.02 Å². The van der Waals surface area contributed by atoms with Crippen molar-refractivity contribution in [3.63, 3.8) is 0 Å². The summed E-state index contributed by atoms with van der Waals surface area (Å²) in [6.07, 6.45) is 0. The first-order valence-electron chi connectivity index (χ1n) is 5.44. The Morgan fingerprint density at radius 2 is 1.95 bits per heavy atom. The molecule has 2 aromatic rings. The van der Waals surface area contributed by atoms with E-state index in [1.54, 1.807) is 25.1 Å². The Bertz CT molecular complexity index is 641. The maximum absolute atomic E-state index is 13.0. The summed E-state index contributed by atoms with van der Waals surface area (Å²) < 4.78 is 18.6. The molecule has 0 unspecified atom stereocenters. The molecule has 0 spiro atoms. The first-order chi connectivity index (χ1) is 8.97. The largest absolute Gasteiger partial charge is 0.478 e. The summed E-state index contributed by atoms with van der Waals surface area (Å²) in [6.45, 7) is 1.80. The number of aromatic carboxylic acids is 1. The lowest BCUT2D eigenvalue weighted by Crippen LogP contribution is -2.01. The minimum atomic E-state index is -1.26. The molecule has 0 heterocycles. The van der Waals surface area contributed by atoms with E-state index in [1.807, 2.05) is 0 Å². The van der Waals surface area contributed by atoms with Crippen molar-refractivity contribution < 1.29 is 19.0 Å². The average molecular weight is 281 g/mol. The molecule has 0 bridgehead atoms. The zero-order chi connectivity index (χ0) is 14.0. The molecule has 0 aliphatic rings. The maximum atomic E-state index is 13.0. The van der Waals surface area contributed by atoms with Crippen molar-refractivity contribution in [1.29, 1.82) is 0 Å². The van der Waals surface area contributed by atoms with Gasteiger partial charge in [0, 0.05) is 5.02 Å². The smallest absolute Gasteiger partial charge is 0.339 e. The predicted molar refractivity (Wildman–Crippen MR) is 69.6 cm³/mol. The van der Waals surface area contributed by atoms with Gasteiger partial charge < -0.3 is 9.84 Å². The van der Waals surface area contributed by atoms with Gasteiger partial charge in [-0.15, -0.1) is 0 Å². The van der Waals surface area contributed by atoms with Crippen LogP contribution in [0.4, 0.5) is 4.39 Å². The summed E-state index contributed by atoms with van der Waals surface area (Å²) in [5.74, 6) is -1.39. The Hall–Kier alpha value is -2.07. The fraction of sp³-hybridized carbons (Fsp3) is 0.0714. The number of rotatable bonds is 3. The fourth-order valence-corrected chi connectivity index (χ4v) is 1.72. The molecule has 5 heteroatoms. The van der Waals surface area contributed by atoms with Gasteiger partial charge in [-0.1, -0.05) is 17.7 Å². The topological polar surface area (TPSA) is 46.5 Å². The highest BCUT2D eigenvalue weighted by atomic mass is 35.5. The van der Waals surface area contributed by atoms with E-state index < -0.39 is 11.8 Å². The highest BCUT2D eigenvalue weighted by Gasteiger charge is 2.14. The minimum Gasteiger partial charge on any atom is -0.478 e. The molecule has 19 heavy (non-hydrogen) atoms. The highest BCUT2D eigenvalue weighted by molar-refractivity contribution is 6.30. The minimum absolute atomic E-state index is 0.0688. The number of ether oxygens (including phenoxy) is 1. The predicted octanol–water partition coefficient (Wildman–Crippen LogP) is 4.28. The van der Waals surface area contributed by atoms with Crippen LogP contribution in [0, 0.1) is 12.7 Å². The van der Waals surface area contributed by atoms with Crippen molar-refractivity contribution in [2.75, 3.05) is 0 Å². The zero-order valence-electron chi connectivity index (χ0n) is 9.98. The molecular formula is C14H10ClFO3. The number of aryl methyl sites for hydroxylation is 1. The van der Waals surface area contributed by atoms with Crippen molar-refractivity contribution in [3.05, 3.63) is 58.4 Å². The SMILES string of the molecule is Cc1ccc(Cl)cc1Oc1ccc(F)cc1C(=O)O. The van der Waals surface area contributed by atoms with Crippen molar-refractivity contribution in [2.24, 2.45) is 0 Å². The average Bonchev–Trinajstić information content (AvgIpc) is 2.35. The second-order valence-corrected chi connectivity index (χ2v) is 4.39. The third-order valence-corrected chi connectivity index (χ3v) is 2.78. The van der Waals surface area contributed by atoms with Crippen molar-refractivity contribution >= 4 is 17.6 Å². The molecule has 0 aliphatic carbocycles. The van der Waals surface area contributed by atoms with E-state index >= 15 is 0 Å². The van der Waals surface area contributed by atoms with Crippen LogP contribution in [0.5, 0.6) is 11.5 Å². The molecule has 1 N–H and O–H groups in total. The summed E-state index contributed by atoms with van der Waals surface area (Å²) in [5, 5.41) is 9.49. The van der Waals surface area contributed by atoms with Gasteiger partial charge in [0.15, 0.2) is 0 Å². The first-order valence-corrected chi connectivity index (χ1v) is 5.82. The Morgan fingerprint density at radius 3 is 2.63 bits per heavy atom. The lowest BCUT2D eigenvalue weighted by atomic mass is 10.2. The van der Waals surface area contributed by atoms with Gasteiger partial charge in [-0.25, -0.2) is 9.18 Å². The molecule has 0 aromatic heterocycles. The second-order valence-electron chi connectivity index (χ2n) is 3.96. The van der Waals surface area contributed by atoms with Crippen LogP contribution >= 0.6 is 11.6 Å². The summed E-state index contributed by atoms with van der Waals surface area (Å²) in [6, 6.07) is 8.36. The molecule has 98 valence electrons. The van der Waals surface area contributed by atoms with E-state index in [-0.39, 0.29) is 11.3 Å². The van der Waals surface area contributed by atoms with Crippen LogP contribution in [0.15, 0.2) is 36.4 Å². The second kappa shape index (κ2) is 5.28. The molecule has 0 amide bonds. The summed E-state index contributed by atoms with van der Waals surface area (Å²) in [7, 11) is 0. The van der Waals surface area contributed by atoms with E-state index in [1.165, 1.54) is 6.07 Å². The summed E-state index contributed by atoms with van der Waals surface area (Å²) >= 11 is 5.85. The molecule has 0 radical (unpaired) electrons. The number of carboxylic acid groups (broad SMARTS) is 1. The van der Waals surface area contributed by atoms with Crippen LogP contribution in [0.25, 0.3) is 0 Å². The monoisotopic (exact) mass is 280 g/mol. The molecule has 2 aromatic carbocycles. The Morgan fingerprint density at radius 1 is 1.21 bits per heavy atom. The molecular weight excluding hydrogens is 271 g/mol. The molecule has 0 aliphatic heterocycles. The number of halogens is 2. The van der Waals surface area contributed by atoms with Gasteiger partial charge in [0.1, 0.15) is 22.9 Å². The highest BCUT2D eigenvalue weighted by Crippen LogP contribution is 2.30. The van der Waals surface area contributed by atoms with E-state index in [2.05, 4.69) is 0 Å². The molecule has 0 saturated heterocycles. The number of hydrogen-bond acceptors (Lipinski definition) is 2. The van der Waals surface area contributed by atoms with Gasteiger partial charge >= 0.3 is 5.97 Å². The third-order valence-electron chi connectivity index (χ3n) is 2.54. The summed E-state index contributed by atoms with van der Waals surface area (Å²) in [5.41, 5.74) is 0.560. The van der Waals surface area contributed by atoms with Crippen molar-refractivity contribution in [3.8, 4) is 11.5 Å². The number of benzene rings is 2. The van der Waals surface area contributed by atoms with E-state index in [0.29, 0.717) is 10.8 Å².